The van der Waals surface area contributed by atoms with E-state index in [0.29, 0.717) is 0 Å². The maximum absolute atomic E-state index is 12.4. The summed E-state index contributed by atoms with van der Waals surface area (Å²) < 4.78 is 14.8. The molecule has 0 aliphatic rings. The van der Waals surface area contributed by atoms with Crippen LogP contribution in [0.1, 0.15) is 54.9 Å². The van der Waals surface area contributed by atoms with E-state index in [1.54, 1.807) is 48.5 Å². The van der Waals surface area contributed by atoms with Gasteiger partial charge in [0.25, 0.3) is 5.60 Å². The van der Waals surface area contributed by atoms with Crippen molar-refractivity contribution >= 4 is 17.9 Å². The Morgan fingerprint density at radius 3 is 1.65 bits per heavy atom. The molecular weight excluding hydrogens is 304 g/mol. The predicted octanol–water partition coefficient (Wildman–Crippen LogP) is 1.60. The van der Waals surface area contributed by atoms with Crippen LogP contribution in [0, 0.1) is 5.92 Å². The number of hydrogen-bond acceptors (Lipinski definition) is 7. The standard InChI is InChI=1S/C16H28O7/c1-9-10(11(17)22-14(2,3)4)16(20,12(18)21-8)13(19)23-15(5,6)7/h10,20H,9H2,1-8H3. The molecule has 0 aromatic carbocycles. The highest BCUT2D eigenvalue weighted by Gasteiger charge is 2.57. The number of hydrogen-bond donors (Lipinski definition) is 1. The molecule has 0 heterocycles. The van der Waals surface area contributed by atoms with Crippen molar-refractivity contribution in [1.82, 2.24) is 0 Å². The summed E-state index contributed by atoms with van der Waals surface area (Å²) >= 11 is 0. The second-order valence-corrected chi connectivity index (χ2v) is 7.25. The fourth-order valence-electron chi connectivity index (χ4n) is 1.88. The first-order chi connectivity index (χ1) is 10.2. The van der Waals surface area contributed by atoms with Crippen molar-refractivity contribution in [3.8, 4) is 0 Å². The Balaban J connectivity index is 5.79. The van der Waals surface area contributed by atoms with Crippen LogP contribution < -0.4 is 0 Å². The molecular formula is C16H28O7. The number of esters is 3. The molecule has 0 spiro atoms. The van der Waals surface area contributed by atoms with Gasteiger partial charge in [-0.3, -0.25) is 4.79 Å². The minimum Gasteiger partial charge on any atom is -0.466 e. The minimum absolute atomic E-state index is 0.0141. The summed E-state index contributed by atoms with van der Waals surface area (Å²) in [5, 5.41) is 10.7. The lowest BCUT2D eigenvalue weighted by Gasteiger charge is -2.33. The van der Waals surface area contributed by atoms with Gasteiger partial charge < -0.3 is 19.3 Å². The third-order valence-electron chi connectivity index (χ3n) is 2.81. The van der Waals surface area contributed by atoms with Crippen LogP contribution in [0.2, 0.25) is 0 Å². The number of ether oxygens (including phenoxy) is 3. The molecule has 2 unspecified atom stereocenters. The third kappa shape index (κ3) is 5.82. The van der Waals surface area contributed by atoms with Crippen LogP contribution in [0.15, 0.2) is 0 Å². The number of aliphatic hydroxyl groups is 1. The first-order valence-electron chi connectivity index (χ1n) is 7.46. The molecule has 0 rings (SSSR count). The maximum atomic E-state index is 12.4. The van der Waals surface area contributed by atoms with Crippen LogP contribution in [0.25, 0.3) is 0 Å². The topological polar surface area (TPSA) is 99.1 Å². The lowest BCUT2D eigenvalue weighted by Crippen LogP contribution is -2.58. The largest absolute Gasteiger partial charge is 0.466 e. The van der Waals surface area contributed by atoms with Crippen molar-refractivity contribution in [2.75, 3.05) is 7.11 Å². The van der Waals surface area contributed by atoms with E-state index >= 15 is 0 Å². The van der Waals surface area contributed by atoms with E-state index in [0.717, 1.165) is 7.11 Å². The zero-order valence-electron chi connectivity index (χ0n) is 15.2. The minimum atomic E-state index is -2.76. The summed E-state index contributed by atoms with van der Waals surface area (Å²) in [6, 6.07) is 0. The van der Waals surface area contributed by atoms with Crippen molar-refractivity contribution in [3.63, 3.8) is 0 Å². The first kappa shape index (κ1) is 21.4. The second kappa shape index (κ2) is 7.29. The van der Waals surface area contributed by atoms with Crippen molar-refractivity contribution in [1.29, 1.82) is 0 Å². The molecule has 0 aromatic rings. The summed E-state index contributed by atoms with van der Waals surface area (Å²) in [5.74, 6) is -4.82. The Morgan fingerprint density at radius 2 is 1.35 bits per heavy atom. The van der Waals surface area contributed by atoms with Gasteiger partial charge in [-0.25, -0.2) is 9.59 Å². The number of carbonyl (C=O) groups excluding carboxylic acids is 3. The van der Waals surface area contributed by atoms with E-state index in [4.69, 9.17) is 9.47 Å². The quantitative estimate of drug-likeness (QED) is 0.464. The van der Waals surface area contributed by atoms with Gasteiger partial charge >= 0.3 is 17.9 Å². The average Bonchev–Trinajstić information content (AvgIpc) is 2.33. The van der Waals surface area contributed by atoms with Crippen molar-refractivity contribution < 1.29 is 33.7 Å². The monoisotopic (exact) mass is 332 g/mol. The molecule has 1 N–H and O–H groups in total. The van der Waals surface area contributed by atoms with Crippen molar-refractivity contribution in [3.05, 3.63) is 0 Å². The molecule has 0 fully saturated rings. The van der Waals surface area contributed by atoms with Crippen LogP contribution in [0.5, 0.6) is 0 Å². The van der Waals surface area contributed by atoms with E-state index in [1.807, 2.05) is 0 Å². The molecule has 7 nitrogen and oxygen atoms in total. The summed E-state index contributed by atoms with van der Waals surface area (Å²) in [7, 11) is 1.01. The van der Waals surface area contributed by atoms with E-state index in [9.17, 15) is 19.5 Å². The Labute approximate surface area is 137 Å². The van der Waals surface area contributed by atoms with Gasteiger partial charge in [0.05, 0.1) is 7.11 Å². The molecule has 134 valence electrons. The van der Waals surface area contributed by atoms with Gasteiger partial charge in [0.15, 0.2) is 0 Å². The molecule has 0 aromatic heterocycles. The Hall–Kier alpha value is -1.63. The van der Waals surface area contributed by atoms with E-state index in [-0.39, 0.29) is 6.42 Å². The normalized spacial score (nSPS) is 16.0. The summed E-state index contributed by atoms with van der Waals surface area (Å²) in [6.07, 6.45) is -0.0141. The highest BCUT2D eigenvalue weighted by molar-refractivity contribution is 6.07. The molecule has 23 heavy (non-hydrogen) atoms. The number of methoxy groups -OCH3 is 1. The Morgan fingerprint density at radius 1 is 0.913 bits per heavy atom. The van der Waals surface area contributed by atoms with Crippen molar-refractivity contribution in [2.24, 2.45) is 5.92 Å². The van der Waals surface area contributed by atoms with Crippen LogP contribution >= 0.6 is 0 Å². The van der Waals surface area contributed by atoms with Crippen LogP contribution in [-0.2, 0) is 28.6 Å². The molecule has 0 saturated carbocycles. The molecule has 0 aliphatic carbocycles. The summed E-state index contributed by atoms with van der Waals surface area (Å²) in [6.45, 7) is 11.2. The van der Waals surface area contributed by atoms with Gasteiger partial charge in [0.2, 0.25) is 0 Å². The van der Waals surface area contributed by atoms with Gasteiger partial charge in [0.1, 0.15) is 17.1 Å². The van der Waals surface area contributed by atoms with Gasteiger partial charge in [-0.2, -0.15) is 0 Å². The van der Waals surface area contributed by atoms with E-state index < -0.39 is 40.6 Å². The Bertz CT molecular complexity index is 456. The first-order valence-corrected chi connectivity index (χ1v) is 7.46. The second-order valence-electron chi connectivity index (χ2n) is 7.25. The lowest BCUT2D eigenvalue weighted by atomic mass is 9.84. The lowest BCUT2D eigenvalue weighted by molar-refractivity contribution is -0.204. The third-order valence-corrected chi connectivity index (χ3v) is 2.81. The van der Waals surface area contributed by atoms with E-state index in [2.05, 4.69) is 4.74 Å². The smallest absolute Gasteiger partial charge is 0.351 e. The summed E-state index contributed by atoms with van der Waals surface area (Å²) in [4.78, 5) is 36.8. The molecule has 0 radical (unpaired) electrons. The van der Waals surface area contributed by atoms with Crippen molar-refractivity contribution in [2.45, 2.75) is 71.7 Å². The molecule has 0 bridgehead atoms. The van der Waals surface area contributed by atoms with Crippen LogP contribution in [0.3, 0.4) is 0 Å². The molecule has 0 amide bonds. The zero-order chi connectivity index (χ0) is 18.6. The summed E-state index contributed by atoms with van der Waals surface area (Å²) in [5.41, 5.74) is -4.56. The van der Waals surface area contributed by atoms with E-state index in [1.165, 1.54) is 0 Å². The van der Waals surface area contributed by atoms with Gasteiger partial charge in [-0.1, -0.05) is 6.92 Å². The SMILES string of the molecule is CCC(C(=O)OC(C)(C)C)C(O)(C(=O)OC)C(=O)OC(C)(C)C. The predicted molar refractivity (Wildman–Crippen MR) is 82.4 cm³/mol. The highest BCUT2D eigenvalue weighted by atomic mass is 16.6. The number of rotatable bonds is 5. The van der Waals surface area contributed by atoms with Crippen LogP contribution in [-0.4, -0.2) is 46.9 Å². The molecule has 2 atom stereocenters. The van der Waals surface area contributed by atoms with Gasteiger partial charge in [-0.15, -0.1) is 0 Å². The molecule has 0 aliphatic heterocycles. The highest BCUT2D eigenvalue weighted by Crippen LogP contribution is 2.29. The number of carbonyl (C=O) groups is 3. The Kier molecular flexibility index (Phi) is 6.78. The zero-order valence-corrected chi connectivity index (χ0v) is 15.2. The molecule has 0 saturated heterocycles. The fraction of sp³-hybridized carbons (Fsp3) is 0.812. The average molecular weight is 332 g/mol. The molecule has 7 heteroatoms. The van der Waals surface area contributed by atoms with Crippen LogP contribution in [0.4, 0.5) is 0 Å². The van der Waals surface area contributed by atoms with Gasteiger partial charge in [-0.05, 0) is 48.0 Å². The fourth-order valence-corrected chi connectivity index (χ4v) is 1.88. The maximum Gasteiger partial charge on any atom is 0.351 e. The van der Waals surface area contributed by atoms with Gasteiger partial charge in [0, 0.05) is 0 Å².